The van der Waals surface area contributed by atoms with Gasteiger partial charge in [0.15, 0.2) is 0 Å². The lowest BCUT2D eigenvalue weighted by Gasteiger charge is -2.27. The van der Waals surface area contributed by atoms with Crippen LogP contribution in [0.25, 0.3) is 0 Å². The molecule has 3 rings (SSSR count). The smallest absolute Gasteiger partial charge is 0.234 e. The van der Waals surface area contributed by atoms with Crippen molar-refractivity contribution in [2.45, 2.75) is 45.1 Å². The molecule has 2 aromatic rings. The number of likely N-dealkylation sites (tertiary alicyclic amines) is 1. The van der Waals surface area contributed by atoms with Gasteiger partial charge in [-0.1, -0.05) is 42.3 Å². The molecule has 1 heterocycles. The number of benzene rings is 2. The Morgan fingerprint density at radius 1 is 1.08 bits per heavy atom. The van der Waals surface area contributed by atoms with Gasteiger partial charge in [-0.15, -0.1) is 0 Å². The highest BCUT2D eigenvalue weighted by Crippen LogP contribution is 2.27. The van der Waals surface area contributed by atoms with Gasteiger partial charge in [0.25, 0.3) is 0 Å². The molecule has 138 valence electrons. The average Bonchev–Trinajstić information content (AvgIpc) is 2.63. The number of carbonyl (C=O) groups is 1. The summed E-state index contributed by atoms with van der Waals surface area (Å²) in [6.45, 7) is 7.15. The summed E-state index contributed by atoms with van der Waals surface area (Å²) in [7, 11) is 0. The monoisotopic (exact) mass is 370 g/mol. The molecule has 1 fully saturated rings. The molecule has 0 bridgehead atoms. The molecule has 0 aliphatic carbocycles. The standard InChI is InChI=1S/C22H27ClN2O/c1-22(2,18-9-11-19(23)12-10-18)21(26)24-20-8-6-7-17(15-20)16-25-13-4-3-5-14-25/h6-12,15H,3-5,13-14,16H2,1-2H3,(H,24,26). The summed E-state index contributed by atoms with van der Waals surface area (Å²) in [6, 6.07) is 15.7. The Kier molecular flexibility index (Phi) is 6.00. The van der Waals surface area contributed by atoms with Gasteiger partial charge in [-0.2, -0.15) is 0 Å². The number of nitrogens with zero attached hydrogens (tertiary/aromatic N) is 1. The number of piperidine rings is 1. The fraction of sp³-hybridized carbons (Fsp3) is 0.409. The van der Waals surface area contributed by atoms with Crippen molar-refractivity contribution in [1.82, 2.24) is 4.90 Å². The molecule has 1 aliphatic heterocycles. The lowest BCUT2D eigenvalue weighted by Crippen LogP contribution is -2.34. The summed E-state index contributed by atoms with van der Waals surface area (Å²) >= 11 is 5.96. The van der Waals surface area contributed by atoms with Crippen molar-refractivity contribution in [2.75, 3.05) is 18.4 Å². The Bertz CT molecular complexity index is 749. The van der Waals surface area contributed by atoms with Gasteiger partial charge < -0.3 is 5.32 Å². The van der Waals surface area contributed by atoms with Gasteiger partial charge in [0.2, 0.25) is 5.91 Å². The van der Waals surface area contributed by atoms with Crippen LogP contribution in [0.5, 0.6) is 0 Å². The SMILES string of the molecule is CC(C)(C(=O)Nc1cccc(CN2CCCCC2)c1)c1ccc(Cl)cc1. The molecule has 4 heteroatoms. The van der Waals surface area contributed by atoms with E-state index in [9.17, 15) is 4.79 Å². The third kappa shape index (κ3) is 4.66. The summed E-state index contributed by atoms with van der Waals surface area (Å²) in [6.07, 6.45) is 3.91. The highest BCUT2D eigenvalue weighted by molar-refractivity contribution is 6.30. The first kappa shape index (κ1) is 18.9. The lowest BCUT2D eigenvalue weighted by atomic mass is 9.83. The maximum Gasteiger partial charge on any atom is 0.234 e. The van der Waals surface area contributed by atoms with Crippen molar-refractivity contribution < 1.29 is 4.79 Å². The normalized spacial score (nSPS) is 15.7. The lowest BCUT2D eigenvalue weighted by molar-refractivity contribution is -0.120. The van der Waals surface area contributed by atoms with Crippen LogP contribution >= 0.6 is 11.6 Å². The van der Waals surface area contributed by atoms with E-state index in [1.54, 1.807) is 0 Å². The van der Waals surface area contributed by atoms with E-state index < -0.39 is 5.41 Å². The summed E-state index contributed by atoms with van der Waals surface area (Å²) in [5.41, 5.74) is 2.41. The van der Waals surface area contributed by atoms with E-state index in [0.717, 1.165) is 17.8 Å². The third-order valence-corrected chi connectivity index (χ3v) is 5.43. The molecule has 0 unspecified atom stereocenters. The van der Waals surface area contributed by atoms with Crippen molar-refractivity contribution in [3.8, 4) is 0 Å². The molecule has 0 saturated carbocycles. The van der Waals surface area contributed by atoms with Crippen LogP contribution < -0.4 is 5.32 Å². The van der Waals surface area contributed by atoms with Crippen LogP contribution in [0.2, 0.25) is 5.02 Å². The second kappa shape index (κ2) is 8.24. The van der Waals surface area contributed by atoms with Crippen molar-refractivity contribution in [1.29, 1.82) is 0 Å². The zero-order chi connectivity index (χ0) is 18.6. The van der Waals surface area contributed by atoms with Crippen LogP contribution in [-0.4, -0.2) is 23.9 Å². The largest absolute Gasteiger partial charge is 0.325 e. The summed E-state index contributed by atoms with van der Waals surface area (Å²) in [5, 5.41) is 3.76. The Hall–Kier alpha value is -1.84. The number of rotatable bonds is 5. The van der Waals surface area contributed by atoms with E-state index in [0.29, 0.717) is 5.02 Å². The van der Waals surface area contributed by atoms with E-state index in [-0.39, 0.29) is 5.91 Å². The number of nitrogens with one attached hydrogen (secondary N) is 1. The second-order valence-corrected chi connectivity index (χ2v) is 8.06. The van der Waals surface area contributed by atoms with Crippen LogP contribution in [0.1, 0.15) is 44.2 Å². The molecular formula is C22H27ClN2O. The minimum Gasteiger partial charge on any atom is -0.325 e. The number of carbonyl (C=O) groups excluding carboxylic acids is 1. The Morgan fingerprint density at radius 2 is 1.77 bits per heavy atom. The molecule has 1 N–H and O–H groups in total. The molecule has 3 nitrogen and oxygen atoms in total. The first-order chi connectivity index (χ1) is 12.4. The van der Waals surface area contributed by atoms with Crippen LogP contribution in [0.15, 0.2) is 48.5 Å². The molecule has 26 heavy (non-hydrogen) atoms. The zero-order valence-corrected chi connectivity index (χ0v) is 16.4. The first-order valence-electron chi connectivity index (χ1n) is 9.34. The summed E-state index contributed by atoms with van der Waals surface area (Å²) in [5.74, 6) is -0.0186. The molecule has 0 aromatic heterocycles. The van der Waals surface area contributed by atoms with Crippen LogP contribution in [0.3, 0.4) is 0 Å². The molecule has 1 aliphatic rings. The van der Waals surface area contributed by atoms with Gasteiger partial charge in [0, 0.05) is 17.3 Å². The van der Waals surface area contributed by atoms with Crippen molar-refractivity contribution >= 4 is 23.2 Å². The van der Waals surface area contributed by atoms with E-state index in [1.807, 2.05) is 50.2 Å². The van der Waals surface area contributed by atoms with Crippen molar-refractivity contribution in [2.24, 2.45) is 0 Å². The molecule has 0 spiro atoms. The minimum absolute atomic E-state index is 0.0186. The van der Waals surface area contributed by atoms with E-state index in [4.69, 9.17) is 11.6 Å². The van der Waals surface area contributed by atoms with Crippen LogP contribution in [0.4, 0.5) is 5.69 Å². The Morgan fingerprint density at radius 3 is 2.46 bits per heavy atom. The van der Waals surface area contributed by atoms with Crippen molar-refractivity contribution in [3.05, 3.63) is 64.7 Å². The van der Waals surface area contributed by atoms with Gasteiger partial charge in [-0.3, -0.25) is 9.69 Å². The minimum atomic E-state index is -0.631. The number of halogens is 1. The predicted octanol–water partition coefficient (Wildman–Crippen LogP) is 5.24. The van der Waals surface area contributed by atoms with E-state index >= 15 is 0 Å². The molecule has 0 radical (unpaired) electrons. The van der Waals surface area contributed by atoms with Crippen molar-refractivity contribution in [3.63, 3.8) is 0 Å². The number of anilines is 1. The maximum atomic E-state index is 12.9. The number of amides is 1. The average molecular weight is 371 g/mol. The quantitative estimate of drug-likeness (QED) is 0.780. The van der Waals surface area contributed by atoms with Crippen LogP contribution in [-0.2, 0) is 16.8 Å². The molecule has 2 aromatic carbocycles. The van der Waals surface area contributed by atoms with Gasteiger partial charge in [-0.05, 0) is 75.2 Å². The Balaban J connectivity index is 1.68. The summed E-state index contributed by atoms with van der Waals surface area (Å²) < 4.78 is 0. The molecule has 1 saturated heterocycles. The Labute approximate surface area is 161 Å². The zero-order valence-electron chi connectivity index (χ0n) is 15.6. The molecule has 0 atom stereocenters. The number of hydrogen-bond donors (Lipinski definition) is 1. The fourth-order valence-electron chi connectivity index (χ4n) is 3.41. The van der Waals surface area contributed by atoms with Gasteiger partial charge in [0.05, 0.1) is 5.41 Å². The van der Waals surface area contributed by atoms with Gasteiger partial charge >= 0.3 is 0 Å². The predicted molar refractivity (Wildman–Crippen MR) is 109 cm³/mol. The number of hydrogen-bond acceptors (Lipinski definition) is 2. The third-order valence-electron chi connectivity index (χ3n) is 5.17. The molecule has 1 amide bonds. The molecular weight excluding hydrogens is 344 g/mol. The van der Waals surface area contributed by atoms with Gasteiger partial charge in [-0.25, -0.2) is 0 Å². The second-order valence-electron chi connectivity index (χ2n) is 7.62. The van der Waals surface area contributed by atoms with E-state index in [1.165, 1.54) is 37.9 Å². The maximum absolute atomic E-state index is 12.9. The van der Waals surface area contributed by atoms with Crippen LogP contribution in [0, 0.1) is 0 Å². The highest BCUT2D eigenvalue weighted by atomic mass is 35.5. The summed E-state index contributed by atoms with van der Waals surface area (Å²) in [4.78, 5) is 15.4. The topological polar surface area (TPSA) is 32.3 Å². The first-order valence-corrected chi connectivity index (χ1v) is 9.72. The fourth-order valence-corrected chi connectivity index (χ4v) is 3.53. The van der Waals surface area contributed by atoms with Gasteiger partial charge in [0.1, 0.15) is 0 Å². The highest BCUT2D eigenvalue weighted by Gasteiger charge is 2.29. The van der Waals surface area contributed by atoms with E-state index in [2.05, 4.69) is 22.3 Å².